The van der Waals surface area contributed by atoms with E-state index in [-0.39, 0.29) is 11.9 Å². The van der Waals surface area contributed by atoms with Crippen molar-refractivity contribution in [2.45, 2.75) is 58.0 Å². The van der Waals surface area contributed by atoms with Gasteiger partial charge in [0.05, 0.1) is 6.20 Å². The molecule has 1 aliphatic carbocycles. The smallest absolute Gasteiger partial charge is 0.141 e. The molecule has 1 fully saturated rings. The van der Waals surface area contributed by atoms with Gasteiger partial charge in [0.2, 0.25) is 0 Å². The van der Waals surface area contributed by atoms with Gasteiger partial charge in [0.1, 0.15) is 5.82 Å². The molecule has 1 aromatic heterocycles. The average molecular weight is 250 g/mol. The second-order valence-corrected chi connectivity index (χ2v) is 5.46. The summed E-state index contributed by atoms with van der Waals surface area (Å²) in [6, 6.07) is 2.32. The maximum absolute atomic E-state index is 13.1. The van der Waals surface area contributed by atoms with Crippen molar-refractivity contribution in [2.75, 3.05) is 0 Å². The molecule has 100 valence electrons. The molecule has 3 atom stereocenters. The van der Waals surface area contributed by atoms with Crippen LogP contribution in [0.4, 0.5) is 4.39 Å². The molecule has 0 aliphatic heterocycles. The molecule has 3 unspecified atom stereocenters. The summed E-state index contributed by atoms with van der Waals surface area (Å²) in [6.45, 7) is 4.36. The highest BCUT2D eigenvalue weighted by molar-refractivity contribution is 5.14. The molecule has 18 heavy (non-hydrogen) atoms. The Balaban J connectivity index is 1.92. The summed E-state index contributed by atoms with van der Waals surface area (Å²) in [5.74, 6) is 0.602. The molecule has 2 rings (SSSR count). The lowest BCUT2D eigenvalue weighted by molar-refractivity contribution is 0.265. The molecule has 1 saturated carbocycles. The standard InChI is InChI=1S/C15H23FN2/c1-3-12-5-4-6-15(7-12)18-11(2)13-8-14(16)10-17-9-13/h8-12,15,18H,3-7H2,1-2H3. The molecule has 1 heterocycles. The fourth-order valence-electron chi connectivity index (χ4n) is 2.93. The van der Waals surface area contributed by atoms with E-state index < -0.39 is 0 Å². The van der Waals surface area contributed by atoms with Crippen LogP contribution in [0.2, 0.25) is 0 Å². The van der Waals surface area contributed by atoms with E-state index in [0.29, 0.717) is 6.04 Å². The molecule has 3 heteroatoms. The Morgan fingerprint density at radius 2 is 2.28 bits per heavy atom. The van der Waals surface area contributed by atoms with Crippen LogP contribution in [-0.2, 0) is 0 Å². The van der Waals surface area contributed by atoms with Gasteiger partial charge in [-0.1, -0.05) is 26.2 Å². The van der Waals surface area contributed by atoms with Crippen molar-refractivity contribution >= 4 is 0 Å². The maximum atomic E-state index is 13.1. The summed E-state index contributed by atoms with van der Waals surface area (Å²) in [6.07, 6.45) is 9.45. The molecular weight excluding hydrogens is 227 g/mol. The molecule has 0 saturated heterocycles. The first kappa shape index (κ1) is 13.5. The third-order valence-corrected chi connectivity index (χ3v) is 4.07. The van der Waals surface area contributed by atoms with Crippen LogP contribution in [0.5, 0.6) is 0 Å². The van der Waals surface area contributed by atoms with Gasteiger partial charge in [-0.05, 0) is 37.3 Å². The van der Waals surface area contributed by atoms with E-state index in [9.17, 15) is 4.39 Å². The largest absolute Gasteiger partial charge is 0.307 e. The van der Waals surface area contributed by atoms with Crippen molar-refractivity contribution in [1.82, 2.24) is 10.3 Å². The number of hydrogen-bond acceptors (Lipinski definition) is 2. The van der Waals surface area contributed by atoms with Gasteiger partial charge < -0.3 is 5.32 Å². The van der Waals surface area contributed by atoms with Crippen LogP contribution in [0, 0.1) is 11.7 Å². The Kier molecular flexibility index (Phi) is 4.70. The van der Waals surface area contributed by atoms with E-state index in [1.165, 1.54) is 38.3 Å². The van der Waals surface area contributed by atoms with Gasteiger partial charge in [-0.15, -0.1) is 0 Å². The van der Waals surface area contributed by atoms with E-state index in [1.54, 1.807) is 12.3 Å². The molecule has 1 N–H and O–H groups in total. The number of halogens is 1. The van der Waals surface area contributed by atoms with Crippen molar-refractivity contribution in [3.63, 3.8) is 0 Å². The molecule has 0 amide bonds. The van der Waals surface area contributed by atoms with E-state index in [2.05, 4.69) is 24.1 Å². The van der Waals surface area contributed by atoms with Gasteiger partial charge in [0.25, 0.3) is 0 Å². The Bertz CT molecular complexity index is 381. The first-order chi connectivity index (χ1) is 8.69. The number of nitrogens with one attached hydrogen (secondary N) is 1. The third-order valence-electron chi connectivity index (χ3n) is 4.07. The second-order valence-electron chi connectivity index (χ2n) is 5.46. The highest BCUT2D eigenvalue weighted by Gasteiger charge is 2.22. The zero-order valence-electron chi connectivity index (χ0n) is 11.3. The van der Waals surface area contributed by atoms with Crippen LogP contribution in [0.15, 0.2) is 18.5 Å². The van der Waals surface area contributed by atoms with Crippen LogP contribution in [0.1, 0.15) is 57.6 Å². The summed E-state index contributed by atoms with van der Waals surface area (Å²) in [5, 5.41) is 3.62. The second kappa shape index (κ2) is 6.28. The molecule has 0 spiro atoms. The molecule has 0 radical (unpaired) electrons. The van der Waals surface area contributed by atoms with Crippen molar-refractivity contribution in [3.8, 4) is 0 Å². The fraction of sp³-hybridized carbons (Fsp3) is 0.667. The predicted octanol–water partition coefficient (Wildman–Crippen LogP) is 3.84. The van der Waals surface area contributed by atoms with Crippen LogP contribution < -0.4 is 5.32 Å². The lowest BCUT2D eigenvalue weighted by Gasteiger charge is -2.31. The summed E-state index contributed by atoms with van der Waals surface area (Å²) >= 11 is 0. The van der Waals surface area contributed by atoms with Crippen molar-refractivity contribution < 1.29 is 4.39 Å². The van der Waals surface area contributed by atoms with Gasteiger partial charge in [-0.2, -0.15) is 0 Å². The third kappa shape index (κ3) is 3.52. The average Bonchev–Trinajstić information content (AvgIpc) is 2.39. The number of hydrogen-bond donors (Lipinski definition) is 1. The highest BCUT2D eigenvalue weighted by Crippen LogP contribution is 2.28. The number of rotatable bonds is 4. The molecule has 2 nitrogen and oxygen atoms in total. The minimum absolute atomic E-state index is 0.175. The maximum Gasteiger partial charge on any atom is 0.141 e. The Labute approximate surface area is 109 Å². The highest BCUT2D eigenvalue weighted by atomic mass is 19.1. The van der Waals surface area contributed by atoms with E-state index >= 15 is 0 Å². The Morgan fingerprint density at radius 3 is 3.00 bits per heavy atom. The van der Waals surface area contributed by atoms with Crippen LogP contribution >= 0.6 is 0 Å². The number of nitrogens with zero attached hydrogens (tertiary/aromatic N) is 1. The van der Waals surface area contributed by atoms with Gasteiger partial charge in [-0.25, -0.2) is 4.39 Å². The van der Waals surface area contributed by atoms with Crippen LogP contribution in [-0.4, -0.2) is 11.0 Å². The molecule has 0 aromatic carbocycles. The monoisotopic (exact) mass is 250 g/mol. The molecule has 0 bridgehead atoms. The molecule has 1 aliphatic rings. The number of pyridine rings is 1. The normalized spacial score (nSPS) is 25.9. The minimum Gasteiger partial charge on any atom is -0.307 e. The van der Waals surface area contributed by atoms with E-state index in [4.69, 9.17) is 0 Å². The number of aromatic nitrogens is 1. The van der Waals surface area contributed by atoms with Crippen molar-refractivity contribution in [3.05, 3.63) is 29.8 Å². The predicted molar refractivity (Wildman–Crippen MR) is 71.8 cm³/mol. The van der Waals surface area contributed by atoms with E-state index in [1.807, 2.05) is 0 Å². The van der Waals surface area contributed by atoms with E-state index in [0.717, 1.165) is 11.5 Å². The van der Waals surface area contributed by atoms with Gasteiger partial charge in [-0.3, -0.25) is 4.98 Å². The van der Waals surface area contributed by atoms with Crippen LogP contribution in [0.25, 0.3) is 0 Å². The quantitative estimate of drug-likeness (QED) is 0.878. The van der Waals surface area contributed by atoms with Gasteiger partial charge in [0, 0.05) is 18.3 Å². The first-order valence-corrected chi connectivity index (χ1v) is 7.05. The summed E-state index contributed by atoms with van der Waals surface area (Å²) in [4.78, 5) is 3.91. The van der Waals surface area contributed by atoms with Gasteiger partial charge in [0.15, 0.2) is 0 Å². The molecule has 1 aromatic rings. The lowest BCUT2D eigenvalue weighted by Crippen LogP contribution is -2.35. The van der Waals surface area contributed by atoms with Crippen molar-refractivity contribution in [1.29, 1.82) is 0 Å². The van der Waals surface area contributed by atoms with Crippen LogP contribution in [0.3, 0.4) is 0 Å². The zero-order valence-corrected chi connectivity index (χ0v) is 11.3. The van der Waals surface area contributed by atoms with Gasteiger partial charge >= 0.3 is 0 Å². The Hall–Kier alpha value is -0.960. The summed E-state index contributed by atoms with van der Waals surface area (Å²) < 4.78 is 13.1. The SMILES string of the molecule is CCC1CCCC(NC(C)c2cncc(F)c2)C1. The zero-order chi connectivity index (χ0) is 13.0. The summed E-state index contributed by atoms with van der Waals surface area (Å²) in [5.41, 5.74) is 0.939. The first-order valence-electron chi connectivity index (χ1n) is 7.05. The lowest BCUT2D eigenvalue weighted by atomic mass is 9.84. The topological polar surface area (TPSA) is 24.9 Å². The summed E-state index contributed by atoms with van der Waals surface area (Å²) in [7, 11) is 0. The minimum atomic E-state index is -0.253. The fourth-order valence-corrected chi connectivity index (χ4v) is 2.93. The van der Waals surface area contributed by atoms with Crippen molar-refractivity contribution in [2.24, 2.45) is 5.92 Å². The Morgan fingerprint density at radius 1 is 1.44 bits per heavy atom. The molecular formula is C15H23FN2.